The molecule has 2 rings (SSSR count). The molecule has 1 heterocycles. The molecule has 0 atom stereocenters. The molecular formula is C14H16BrN3O2S. The molecule has 1 aromatic carbocycles. The van der Waals surface area contributed by atoms with Crippen LogP contribution in [0.4, 0.5) is 5.13 Å². The molecule has 0 unspecified atom stereocenters. The Balaban J connectivity index is 1.89. The summed E-state index contributed by atoms with van der Waals surface area (Å²) in [6.07, 6.45) is 2.12. The van der Waals surface area contributed by atoms with Gasteiger partial charge in [-0.15, -0.1) is 10.2 Å². The summed E-state index contributed by atoms with van der Waals surface area (Å²) in [6, 6.07) is 5.90. The van der Waals surface area contributed by atoms with Gasteiger partial charge in [0.15, 0.2) is 6.61 Å². The van der Waals surface area contributed by atoms with E-state index < -0.39 is 0 Å². The maximum absolute atomic E-state index is 11.8. The lowest BCUT2D eigenvalue weighted by Gasteiger charge is -2.09. The minimum absolute atomic E-state index is 0.0651. The molecule has 21 heavy (non-hydrogen) atoms. The van der Waals surface area contributed by atoms with Crippen molar-refractivity contribution < 1.29 is 9.53 Å². The molecule has 1 amide bonds. The van der Waals surface area contributed by atoms with Gasteiger partial charge in [0.05, 0.1) is 4.47 Å². The van der Waals surface area contributed by atoms with E-state index in [0.29, 0.717) is 10.9 Å². The van der Waals surface area contributed by atoms with Crippen LogP contribution in [0, 0.1) is 6.92 Å². The third kappa shape index (κ3) is 4.78. The van der Waals surface area contributed by atoms with Crippen LogP contribution in [0.15, 0.2) is 22.7 Å². The van der Waals surface area contributed by atoms with Gasteiger partial charge in [-0.05, 0) is 47.0 Å². The SMILES string of the molecule is CCCc1ccc(OCC(=O)Nc2nnc(C)s2)c(Br)c1. The molecule has 1 N–H and O–H groups in total. The van der Waals surface area contributed by atoms with E-state index in [-0.39, 0.29) is 12.5 Å². The number of aromatic nitrogens is 2. The molecule has 0 aliphatic carbocycles. The number of hydrogen-bond donors (Lipinski definition) is 1. The first-order valence-electron chi connectivity index (χ1n) is 6.59. The van der Waals surface area contributed by atoms with Crippen LogP contribution in [0.1, 0.15) is 23.9 Å². The summed E-state index contributed by atoms with van der Waals surface area (Å²) in [6.45, 7) is 3.90. The third-order valence-corrected chi connectivity index (χ3v) is 4.04. The van der Waals surface area contributed by atoms with E-state index in [9.17, 15) is 4.79 Å². The zero-order chi connectivity index (χ0) is 15.2. The monoisotopic (exact) mass is 369 g/mol. The number of carbonyl (C=O) groups excluding carboxylic acids is 1. The molecule has 0 radical (unpaired) electrons. The molecule has 112 valence electrons. The minimum atomic E-state index is -0.254. The number of aryl methyl sites for hydroxylation is 2. The lowest BCUT2D eigenvalue weighted by Crippen LogP contribution is -2.20. The molecule has 0 saturated heterocycles. The summed E-state index contributed by atoms with van der Waals surface area (Å²) in [5.74, 6) is 0.397. The van der Waals surface area contributed by atoms with Crippen LogP contribution >= 0.6 is 27.3 Å². The fraction of sp³-hybridized carbons (Fsp3) is 0.357. The summed E-state index contributed by atoms with van der Waals surface area (Å²) in [5, 5.41) is 11.6. The van der Waals surface area contributed by atoms with Crippen molar-refractivity contribution in [2.75, 3.05) is 11.9 Å². The van der Waals surface area contributed by atoms with Crippen LogP contribution in [-0.2, 0) is 11.2 Å². The van der Waals surface area contributed by atoms with Crippen molar-refractivity contribution in [3.05, 3.63) is 33.2 Å². The number of ether oxygens (including phenoxy) is 1. The average Bonchev–Trinajstić information content (AvgIpc) is 2.83. The van der Waals surface area contributed by atoms with Crippen molar-refractivity contribution in [2.45, 2.75) is 26.7 Å². The Morgan fingerprint density at radius 2 is 2.24 bits per heavy atom. The molecule has 0 saturated carbocycles. The fourth-order valence-corrected chi connectivity index (χ4v) is 2.90. The van der Waals surface area contributed by atoms with Crippen LogP contribution in [-0.4, -0.2) is 22.7 Å². The van der Waals surface area contributed by atoms with Crippen molar-refractivity contribution >= 4 is 38.3 Å². The quantitative estimate of drug-likeness (QED) is 0.844. The zero-order valence-electron chi connectivity index (χ0n) is 11.9. The van der Waals surface area contributed by atoms with Crippen molar-refractivity contribution in [1.82, 2.24) is 10.2 Å². The summed E-state index contributed by atoms with van der Waals surface area (Å²) in [5.41, 5.74) is 1.24. The Hall–Kier alpha value is -1.47. The zero-order valence-corrected chi connectivity index (χ0v) is 14.3. The Kier molecular flexibility index (Phi) is 5.69. The van der Waals surface area contributed by atoms with Gasteiger partial charge in [-0.3, -0.25) is 10.1 Å². The number of anilines is 1. The normalized spacial score (nSPS) is 10.4. The van der Waals surface area contributed by atoms with Crippen LogP contribution < -0.4 is 10.1 Å². The Morgan fingerprint density at radius 1 is 1.43 bits per heavy atom. The van der Waals surface area contributed by atoms with Gasteiger partial charge in [0.1, 0.15) is 10.8 Å². The number of halogens is 1. The number of carbonyl (C=O) groups is 1. The topological polar surface area (TPSA) is 64.1 Å². The first-order chi connectivity index (χ1) is 10.1. The molecule has 0 aliphatic rings. The fourth-order valence-electron chi connectivity index (χ4n) is 1.75. The molecule has 0 spiro atoms. The van der Waals surface area contributed by atoms with E-state index in [2.05, 4.69) is 38.4 Å². The third-order valence-electron chi connectivity index (χ3n) is 2.67. The Bertz CT molecular complexity index is 630. The van der Waals surface area contributed by atoms with Gasteiger partial charge in [0.25, 0.3) is 5.91 Å². The van der Waals surface area contributed by atoms with Crippen LogP contribution in [0.3, 0.4) is 0 Å². The second-order valence-corrected chi connectivity index (χ2v) is 6.51. The highest BCUT2D eigenvalue weighted by atomic mass is 79.9. The van der Waals surface area contributed by atoms with E-state index in [1.165, 1.54) is 16.9 Å². The molecule has 1 aromatic heterocycles. The van der Waals surface area contributed by atoms with Gasteiger partial charge < -0.3 is 4.74 Å². The number of nitrogens with zero attached hydrogens (tertiary/aromatic N) is 2. The maximum atomic E-state index is 11.8. The highest BCUT2D eigenvalue weighted by Crippen LogP contribution is 2.26. The van der Waals surface area contributed by atoms with Crippen LogP contribution in [0.25, 0.3) is 0 Å². The number of benzene rings is 1. The highest BCUT2D eigenvalue weighted by molar-refractivity contribution is 9.10. The molecule has 0 fully saturated rings. The Morgan fingerprint density at radius 3 is 2.86 bits per heavy atom. The molecule has 0 aliphatic heterocycles. The van der Waals surface area contributed by atoms with Crippen molar-refractivity contribution in [2.24, 2.45) is 0 Å². The molecule has 7 heteroatoms. The van der Waals surface area contributed by atoms with Crippen LogP contribution in [0.2, 0.25) is 0 Å². The predicted molar refractivity (Wildman–Crippen MR) is 86.9 cm³/mol. The Labute approximate surface area is 135 Å². The second-order valence-electron chi connectivity index (χ2n) is 4.48. The van der Waals surface area contributed by atoms with E-state index in [0.717, 1.165) is 22.3 Å². The van der Waals surface area contributed by atoms with Crippen molar-refractivity contribution in [1.29, 1.82) is 0 Å². The smallest absolute Gasteiger partial charge is 0.264 e. The maximum Gasteiger partial charge on any atom is 0.264 e. The predicted octanol–water partition coefficient (Wildman–Crippen LogP) is 3.58. The minimum Gasteiger partial charge on any atom is -0.483 e. The number of amides is 1. The van der Waals surface area contributed by atoms with Gasteiger partial charge in [-0.2, -0.15) is 0 Å². The summed E-state index contributed by atoms with van der Waals surface area (Å²) < 4.78 is 6.36. The van der Waals surface area contributed by atoms with Crippen LogP contribution in [0.5, 0.6) is 5.75 Å². The van der Waals surface area contributed by atoms with E-state index in [1.54, 1.807) is 0 Å². The van der Waals surface area contributed by atoms with Gasteiger partial charge in [-0.1, -0.05) is 30.7 Å². The van der Waals surface area contributed by atoms with Gasteiger partial charge in [0.2, 0.25) is 5.13 Å². The second kappa shape index (κ2) is 7.51. The van der Waals surface area contributed by atoms with E-state index in [4.69, 9.17) is 4.74 Å². The highest BCUT2D eigenvalue weighted by Gasteiger charge is 2.09. The molecule has 2 aromatic rings. The summed E-state index contributed by atoms with van der Waals surface area (Å²) in [7, 11) is 0. The van der Waals surface area contributed by atoms with Gasteiger partial charge in [-0.25, -0.2) is 0 Å². The van der Waals surface area contributed by atoms with E-state index in [1.807, 2.05) is 25.1 Å². The van der Waals surface area contributed by atoms with E-state index >= 15 is 0 Å². The van der Waals surface area contributed by atoms with Gasteiger partial charge in [0, 0.05) is 0 Å². The number of rotatable bonds is 6. The standard InChI is InChI=1S/C14H16BrN3O2S/c1-3-4-10-5-6-12(11(15)7-10)20-8-13(19)16-14-18-17-9(2)21-14/h5-7H,3-4,8H2,1-2H3,(H,16,18,19). The van der Waals surface area contributed by atoms with Crippen molar-refractivity contribution in [3.63, 3.8) is 0 Å². The number of hydrogen-bond acceptors (Lipinski definition) is 5. The average molecular weight is 370 g/mol. The summed E-state index contributed by atoms with van der Waals surface area (Å²) in [4.78, 5) is 11.8. The molecular weight excluding hydrogens is 354 g/mol. The first kappa shape index (κ1) is 15.9. The first-order valence-corrected chi connectivity index (χ1v) is 8.20. The van der Waals surface area contributed by atoms with Gasteiger partial charge >= 0.3 is 0 Å². The number of nitrogens with one attached hydrogen (secondary N) is 1. The summed E-state index contributed by atoms with van der Waals surface area (Å²) >= 11 is 4.79. The molecule has 5 nitrogen and oxygen atoms in total. The lowest BCUT2D eigenvalue weighted by molar-refractivity contribution is -0.118. The lowest BCUT2D eigenvalue weighted by atomic mass is 10.1. The largest absolute Gasteiger partial charge is 0.483 e. The van der Waals surface area contributed by atoms with Crippen molar-refractivity contribution in [3.8, 4) is 5.75 Å². The molecule has 0 bridgehead atoms.